The van der Waals surface area contributed by atoms with Crippen LogP contribution in [-0.4, -0.2) is 19.6 Å². The minimum atomic E-state index is -0.469. The predicted molar refractivity (Wildman–Crippen MR) is 105 cm³/mol. The number of furan rings is 1. The number of fused-ring (bicyclic) bond motifs is 1. The molecule has 0 saturated heterocycles. The van der Waals surface area contributed by atoms with Crippen molar-refractivity contribution in [1.82, 2.24) is 0 Å². The summed E-state index contributed by atoms with van der Waals surface area (Å²) in [5, 5.41) is 9.06. The maximum atomic E-state index is 9.06. The molecule has 2 aromatic carbocycles. The molecule has 1 aromatic heterocycles. The number of rotatable bonds is 5. The van der Waals surface area contributed by atoms with Crippen LogP contribution in [0.5, 0.6) is 11.5 Å². The SMILES string of the molecule is COc1ccc(N2C(COc3cccc(C#N)c3)=Nc3occc3C2N)cc1. The fourth-order valence-corrected chi connectivity index (χ4v) is 3.06. The van der Waals surface area contributed by atoms with E-state index in [9.17, 15) is 0 Å². The highest BCUT2D eigenvalue weighted by molar-refractivity contribution is 6.02. The molecule has 1 aliphatic heterocycles. The molecule has 1 unspecified atom stereocenters. The Labute approximate surface area is 162 Å². The third-order valence-electron chi connectivity index (χ3n) is 4.46. The number of hydrogen-bond donors (Lipinski definition) is 1. The lowest BCUT2D eigenvalue weighted by atomic mass is 10.1. The van der Waals surface area contributed by atoms with Crippen LogP contribution in [0.2, 0.25) is 0 Å². The van der Waals surface area contributed by atoms with Gasteiger partial charge >= 0.3 is 0 Å². The van der Waals surface area contributed by atoms with Crippen molar-refractivity contribution in [3.63, 3.8) is 0 Å². The molecular formula is C21H18N4O3. The van der Waals surface area contributed by atoms with Crippen LogP contribution in [0.4, 0.5) is 11.6 Å². The highest BCUT2D eigenvalue weighted by Crippen LogP contribution is 2.36. The minimum Gasteiger partial charge on any atom is -0.497 e. The first-order valence-electron chi connectivity index (χ1n) is 8.66. The number of ether oxygens (including phenoxy) is 2. The fraction of sp³-hybridized carbons (Fsp3) is 0.143. The number of aliphatic imine (C=N–C) groups is 1. The number of amidine groups is 1. The zero-order valence-corrected chi connectivity index (χ0v) is 15.2. The lowest BCUT2D eigenvalue weighted by Crippen LogP contribution is -2.44. The number of benzene rings is 2. The topological polar surface area (TPSA) is 97.0 Å². The lowest BCUT2D eigenvalue weighted by Gasteiger charge is -2.34. The van der Waals surface area contributed by atoms with Gasteiger partial charge in [-0.05, 0) is 48.5 Å². The number of nitrogens with two attached hydrogens (primary N) is 1. The Morgan fingerprint density at radius 1 is 1.18 bits per heavy atom. The van der Waals surface area contributed by atoms with Crippen LogP contribution in [0.1, 0.15) is 17.3 Å². The molecule has 7 heteroatoms. The summed E-state index contributed by atoms with van der Waals surface area (Å²) in [5.74, 6) is 2.40. The number of nitriles is 1. The molecule has 1 aliphatic rings. The average molecular weight is 374 g/mol. The number of methoxy groups -OCH3 is 1. The van der Waals surface area contributed by atoms with Crippen LogP contribution in [-0.2, 0) is 0 Å². The maximum Gasteiger partial charge on any atom is 0.226 e. The van der Waals surface area contributed by atoms with E-state index in [1.165, 1.54) is 0 Å². The van der Waals surface area contributed by atoms with E-state index in [1.807, 2.05) is 35.2 Å². The molecule has 1 atom stereocenters. The van der Waals surface area contributed by atoms with Gasteiger partial charge in [0.15, 0.2) is 5.84 Å². The Balaban J connectivity index is 1.65. The van der Waals surface area contributed by atoms with Crippen LogP contribution >= 0.6 is 0 Å². The van der Waals surface area contributed by atoms with E-state index in [0.717, 1.165) is 17.0 Å². The lowest BCUT2D eigenvalue weighted by molar-refractivity contribution is 0.371. The molecule has 0 bridgehead atoms. The first kappa shape index (κ1) is 17.6. The molecule has 0 aliphatic carbocycles. The quantitative estimate of drug-likeness (QED) is 0.730. The summed E-state index contributed by atoms with van der Waals surface area (Å²) >= 11 is 0. The van der Waals surface area contributed by atoms with Crippen LogP contribution in [0.25, 0.3) is 0 Å². The molecule has 0 spiro atoms. The zero-order chi connectivity index (χ0) is 19.5. The summed E-state index contributed by atoms with van der Waals surface area (Å²) in [5.41, 5.74) is 8.68. The molecule has 140 valence electrons. The second kappa shape index (κ2) is 7.47. The second-order valence-electron chi connectivity index (χ2n) is 6.15. The normalized spacial score (nSPS) is 15.4. The summed E-state index contributed by atoms with van der Waals surface area (Å²) < 4.78 is 16.6. The van der Waals surface area contributed by atoms with Gasteiger partial charge in [0, 0.05) is 5.69 Å². The average Bonchev–Trinajstić information content (AvgIpc) is 3.22. The molecule has 3 aromatic rings. The standard InChI is InChI=1S/C21H18N4O3/c1-26-16-7-5-15(6-8-16)25-19(24-21-18(20(25)23)9-10-27-21)13-28-17-4-2-3-14(11-17)12-22/h2-11,20H,13,23H2,1H3. The molecule has 2 heterocycles. The van der Waals surface area contributed by atoms with Crippen molar-refractivity contribution >= 4 is 17.4 Å². The van der Waals surface area contributed by atoms with E-state index < -0.39 is 6.17 Å². The van der Waals surface area contributed by atoms with Crippen LogP contribution in [0.3, 0.4) is 0 Å². The van der Waals surface area contributed by atoms with E-state index in [4.69, 9.17) is 24.9 Å². The number of hydrogen-bond acceptors (Lipinski definition) is 7. The van der Waals surface area contributed by atoms with Gasteiger partial charge in [0.2, 0.25) is 5.88 Å². The van der Waals surface area contributed by atoms with Crippen molar-refractivity contribution < 1.29 is 13.9 Å². The predicted octanol–water partition coefficient (Wildman–Crippen LogP) is 3.75. The molecule has 28 heavy (non-hydrogen) atoms. The molecule has 2 N–H and O–H groups in total. The van der Waals surface area contributed by atoms with Gasteiger partial charge in [0.05, 0.1) is 30.6 Å². The first-order chi connectivity index (χ1) is 13.7. The Kier molecular flexibility index (Phi) is 4.70. The van der Waals surface area contributed by atoms with Crippen LogP contribution in [0, 0.1) is 11.3 Å². The van der Waals surface area contributed by atoms with Gasteiger partial charge in [-0.25, -0.2) is 0 Å². The number of nitrogens with zero attached hydrogens (tertiary/aromatic N) is 3. The molecule has 0 radical (unpaired) electrons. The summed E-state index contributed by atoms with van der Waals surface area (Å²) in [6, 6.07) is 18.4. The van der Waals surface area contributed by atoms with E-state index in [-0.39, 0.29) is 6.61 Å². The third-order valence-corrected chi connectivity index (χ3v) is 4.46. The van der Waals surface area contributed by atoms with Crippen molar-refractivity contribution in [1.29, 1.82) is 5.26 Å². The Hall–Kier alpha value is -3.76. The first-order valence-corrected chi connectivity index (χ1v) is 8.66. The highest BCUT2D eigenvalue weighted by Gasteiger charge is 2.30. The molecule has 0 amide bonds. The molecule has 4 rings (SSSR count). The molecule has 7 nitrogen and oxygen atoms in total. The summed E-state index contributed by atoms with van der Waals surface area (Å²) in [4.78, 5) is 6.48. The molecule has 0 saturated carbocycles. The second-order valence-corrected chi connectivity index (χ2v) is 6.15. The Morgan fingerprint density at radius 2 is 2.00 bits per heavy atom. The summed E-state index contributed by atoms with van der Waals surface area (Å²) in [7, 11) is 1.62. The van der Waals surface area contributed by atoms with Crippen molar-refractivity contribution in [2.75, 3.05) is 18.6 Å². The maximum absolute atomic E-state index is 9.06. The van der Waals surface area contributed by atoms with Crippen molar-refractivity contribution in [3.05, 3.63) is 72.0 Å². The zero-order valence-electron chi connectivity index (χ0n) is 15.2. The fourth-order valence-electron chi connectivity index (χ4n) is 3.06. The molecular weight excluding hydrogens is 356 g/mol. The summed E-state index contributed by atoms with van der Waals surface area (Å²) in [6.07, 6.45) is 1.10. The minimum absolute atomic E-state index is 0.161. The van der Waals surface area contributed by atoms with E-state index in [2.05, 4.69) is 11.1 Å². The van der Waals surface area contributed by atoms with Gasteiger partial charge in [0.25, 0.3) is 0 Å². The van der Waals surface area contributed by atoms with Gasteiger partial charge in [-0.2, -0.15) is 10.3 Å². The molecule has 0 fully saturated rings. The van der Waals surface area contributed by atoms with Crippen molar-refractivity contribution in [3.8, 4) is 17.6 Å². The smallest absolute Gasteiger partial charge is 0.226 e. The van der Waals surface area contributed by atoms with Crippen LogP contribution < -0.4 is 20.1 Å². The highest BCUT2D eigenvalue weighted by atomic mass is 16.5. The van der Waals surface area contributed by atoms with E-state index in [0.29, 0.717) is 23.0 Å². The Morgan fingerprint density at radius 3 is 2.75 bits per heavy atom. The van der Waals surface area contributed by atoms with Gasteiger partial charge in [-0.3, -0.25) is 0 Å². The number of anilines is 1. The Bertz CT molecular complexity index is 1050. The van der Waals surface area contributed by atoms with E-state index >= 15 is 0 Å². The van der Waals surface area contributed by atoms with Gasteiger partial charge in [-0.1, -0.05) is 6.07 Å². The largest absolute Gasteiger partial charge is 0.497 e. The van der Waals surface area contributed by atoms with Crippen molar-refractivity contribution in [2.45, 2.75) is 6.17 Å². The third kappa shape index (κ3) is 3.29. The van der Waals surface area contributed by atoms with Crippen molar-refractivity contribution in [2.24, 2.45) is 10.7 Å². The summed E-state index contributed by atoms with van der Waals surface area (Å²) in [6.45, 7) is 0.161. The van der Waals surface area contributed by atoms with Gasteiger partial charge in [0.1, 0.15) is 24.3 Å². The van der Waals surface area contributed by atoms with Gasteiger partial charge in [-0.15, -0.1) is 0 Å². The van der Waals surface area contributed by atoms with E-state index in [1.54, 1.807) is 37.6 Å². The van der Waals surface area contributed by atoms with Gasteiger partial charge < -0.3 is 24.5 Å². The monoisotopic (exact) mass is 374 g/mol. The van der Waals surface area contributed by atoms with Crippen LogP contribution in [0.15, 0.2) is 70.3 Å².